The van der Waals surface area contributed by atoms with E-state index in [0.717, 1.165) is 0 Å². The molecule has 0 saturated heterocycles. The van der Waals surface area contributed by atoms with Gasteiger partial charge in [-0.25, -0.2) is 0 Å². The van der Waals surface area contributed by atoms with Crippen molar-refractivity contribution >= 4 is 40.5 Å². The Morgan fingerprint density at radius 3 is 2.61 bits per heavy atom. The first kappa shape index (κ1) is 19.6. The van der Waals surface area contributed by atoms with Crippen LogP contribution in [-0.4, -0.2) is 15.4 Å². The summed E-state index contributed by atoms with van der Waals surface area (Å²) in [6, 6.07) is 13.4. The highest BCUT2D eigenvalue weighted by Gasteiger charge is 2.12. The molecule has 0 unspecified atom stereocenters. The van der Waals surface area contributed by atoms with Crippen LogP contribution in [0.3, 0.4) is 0 Å². The van der Waals surface area contributed by atoms with Gasteiger partial charge in [-0.2, -0.15) is 0 Å². The minimum absolute atomic E-state index is 0.0740. The quantitative estimate of drug-likeness (QED) is 0.492. The molecule has 1 N–H and O–H groups in total. The highest BCUT2D eigenvalue weighted by Crippen LogP contribution is 2.29. The Morgan fingerprint density at radius 2 is 1.86 bits per heavy atom. The summed E-state index contributed by atoms with van der Waals surface area (Å²) in [7, 11) is 0. The zero-order valence-electron chi connectivity index (χ0n) is 14.3. The van der Waals surface area contributed by atoms with Crippen LogP contribution in [0.15, 0.2) is 65.6 Å². The van der Waals surface area contributed by atoms with Crippen molar-refractivity contribution in [2.24, 2.45) is 0 Å². The first-order chi connectivity index (χ1) is 13.3. The van der Waals surface area contributed by atoms with Gasteiger partial charge in [0.1, 0.15) is 0 Å². The summed E-state index contributed by atoms with van der Waals surface area (Å²) in [6.45, 7) is 0.0829. The average molecular weight is 418 g/mol. The number of non-ortho nitro benzene ring substituents is 1. The second-order valence-electron chi connectivity index (χ2n) is 5.87. The molecule has 0 fully saturated rings. The van der Waals surface area contributed by atoms with E-state index in [-0.39, 0.29) is 28.4 Å². The number of hydrogen-bond acceptors (Lipinski definition) is 4. The van der Waals surface area contributed by atoms with Gasteiger partial charge in [-0.15, -0.1) is 0 Å². The Balaban J connectivity index is 1.86. The fourth-order valence-electron chi connectivity index (χ4n) is 2.55. The van der Waals surface area contributed by atoms with Crippen molar-refractivity contribution in [3.8, 4) is 0 Å². The van der Waals surface area contributed by atoms with Crippen LogP contribution < -0.4 is 10.9 Å². The summed E-state index contributed by atoms with van der Waals surface area (Å²) < 4.78 is 1.30. The second-order valence-corrected chi connectivity index (χ2v) is 6.65. The van der Waals surface area contributed by atoms with Crippen LogP contribution >= 0.6 is 23.2 Å². The summed E-state index contributed by atoms with van der Waals surface area (Å²) in [5, 5.41) is 14.1. The number of carbonyl (C=O) groups is 1. The van der Waals surface area contributed by atoms with Gasteiger partial charge in [-0.3, -0.25) is 19.7 Å². The molecule has 142 valence electrons. The molecule has 0 aliphatic heterocycles. The fourth-order valence-corrected chi connectivity index (χ4v) is 2.90. The molecule has 1 amide bonds. The molecule has 1 aromatic heterocycles. The normalized spacial score (nSPS) is 10.5. The van der Waals surface area contributed by atoms with E-state index in [2.05, 4.69) is 5.32 Å². The lowest BCUT2D eigenvalue weighted by Gasteiger charge is -2.10. The summed E-state index contributed by atoms with van der Waals surface area (Å²) in [4.78, 5) is 35.0. The van der Waals surface area contributed by atoms with Crippen LogP contribution in [0, 0.1) is 10.1 Å². The predicted octanol–water partition coefficient (Wildman–Crippen LogP) is 4.36. The summed E-state index contributed by atoms with van der Waals surface area (Å²) in [5.74, 6) is -0.475. The molecule has 1 heterocycles. The molecular weight excluding hydrogens is 405 g/mol. The number of carbonyl (C=O) groups excluding carboxylic acids is 1. The van der Waals surface area contributed by atoms with E-state index in [1.54, 1.807) is 24.3 Å². The van der Waals surface area contributed by atoms with Gasteiger partial charge >= 0.3 is 0 Å². The van der Waals surface area contributed by atoms with Gasteiger partial charge in [0.2, 0.25) is 0 Å². The smallest absolute Gasteiger partial charge is 0.269 e. The molecule has 7 nitrogen and oxygen atoms in total. The molecule has 0 saturated carbocycles. The van der Waals surface area contributed by atoms with E-state index in [4.69, 9.17) is 23.2 Å². The Morgan fingerprint density at radius 1 is 1.11 bits per heavy atom. The zero-order valence-corrected chi connectivity index (χ0v) is 15.8. The minimum atomic E-state index is -0.509. The van der Waals surface area contributed by atoms with Crippen molar-refractivity contribution in [2.45, 2.75) is 6.54 Å². The van der Waals surface area contributed by atoms with Gasteiger partial charge in [0.15, 0.2) is 0 Å². The maximum atomic E-state index is 12.5. The van der Waals surface area contributed by atoms with Crippen molar-refractivity contribution in [2.75, 3.05) is 5.32 Å². The molecule has 2 aromatic carbocycles. The topological polar surface area (TPSA) is 94.2 Å². The third-order valence-electron chi connectivity index (χ3n) is 3.92. The molecule has 0 bridgehead atoms. The molecule has 3 aromatic rings. The number of nitro benzene ring substituents is 1. The molecule has 0 atom stereocenters. The van der Waals surface area contributed by atoms with E-state index in [0.29, 0.717) is 16.3 Å². The van der Waals surface area contributed by atoms with Crippen molar-refractivity contribution in [1.82, 2.24) is 4.57 Å². The molecule has 0 spiro atoms. The maximum Gasteiger partial charge on any atom is 0.269 e. The lowest BCUT2D eigenvalue weighted by Crippen LogP contribution is -2.22. The van der Waals surface area contributed by atoms with Gasteiger partial charge in [0, 0.05) is 24.4 Å². The number of nitro groups is 1. The number of benzene rings is 2. The molecule has 9 heteroatoms. The molecule has 0 radical (unpaired) electrons. The maximum absolute atomic E-state index is 12.5. The summed E-state index contributed by atoms with van der Waals surface area (Å²) in [5.41, 5.74) is 0.710. The van der Waals surface area contributed by atoms with Crippen molar-refractivity contribution in [3.63, 3.8) is 0 Å². The summed E-state index contributed by atoms with van der Waals surface area (Å²) >= 11 is 12.0. The van der Waals surface area contributed by atoms with Crippen molar-refractivity contribution in [3.05, 3.63) is 102 Å². The number of hydrogen-bond donors (Lipinski definition) is 1. The van der Waals surface area contributed by atoms with Gasteiger partial charge < -0.3 is 9.88 Å². The molecule has 0 aliphatic carbocycles. The van der Waals surface area contributed by atoms with Gasteiger partial charge in [-0.05, 0) is 23.8 Å². The van der Waals surface area contributed by atoms with E-state index >= 15 is 0 Å². The SMILES string of the molecule is O=C(Nc1cccc(Cl)c1Cl)c1ccc(=O)n(Cc2cccc([N+](=O)[O-])c2)c1. The Labute approximate surface area is 169 Å². The number of pyridine rings is 1. The molecular formula is C19H13Cl2N3O4. The van der Waals surface area contributed by atoms with E-state index < -0.39 is 10.8 Å². The standard InChI is InChI=1S/C19H13Cl2N3O4/c20-15-5-2-6-16(18(15)21)22-19(26)13-7-8-17(25)23(11-13)10-12-3-1-4-14(9-12)24(27)28/h1-9,11H,10H2,(H,22,26). The zero-order chi connectivity index (χ0) is 20.3. The molecule has 0 aliphatic rings. The number of nitrogens with one attached hydrogen (secondary N) is 1. The van der Waals surface area contributed by atoms with Crippen molar-refractivity contribution in [1.29, 1.82) is 0 Å². The van der Waals surface area contributed by atoms with Gasteiger partial charge in [0.05, 0.1) is 32.8 Å². The van der Waals surface area contributed by atoms with Crippen LogP contribution in [0.2, 0.25) is 10.0 Å². The van der Waals surface area contributed by atoms with Gasteiger partial charge in [0.25, 0.3) is 17.2 Å². The largest absolute Gasteiger partial charge is 0.321 e. The third kappa shape index (κ3) is 4.39. The lowest BCUT2D eigenvalue weighted by atomic mass is 10.2. The van der Waals surface area contributed by atoms with Crippen LogP contribution in [0.5, 0.6) is 0 Å². The Bertz CT molecular complexity index is 1130. The number of nitrogens with zero attached hydrogens (tertiary/aromatic N) is 2. The lowest BCUT2D eigenvalue weighted by molar-refractivity contribution is -0.384. The number of amides is 1. The van der Waals surface area contributed by atoms with E-state index in [9.17, 15) is 19.7 Å². The van der Waals surface area contributed by atoms with Crippen LogP contribution in [0.1, 0.15) is 15.9 Å². The number of rotatable bonds is 5. The third-order valence-corrected chi connectivity index (χ3v) is 4.74. The van der Waals surface area contributed by atoms with Crippen LogP contribution in [0.4, 0.5) is 11.4 Å². The predicted molar refractivity (Wildman–Crippen MR) is 107 cm³/mol. The number of anilines is 1. The number of halogens is 2. The second kappa shape index (κ2) is 8.24. The van der Waals surface area contributed by atoms with Gasteiger partial charge in [-0.1, -0.05) is 41.4 Å². The Kier molecular flexibility index (Phi) is 5.77. The van der Waals surface area contributed by atoms with Crippen LogP contribution in [-0.2, 0) is 6.54 Å². The minimum Gasteiger partial charge on any atom is -0.321 e. The molecule has 3 rings (SSSR count). The first-order valence-electron chi connectivity index (χ1n) is 8.04. The highest BCUT2D eigenvalue weighted by molar-refractivity contribution is 6.44. The monoisotopic (exact) mass is 417 g/mol. The molecule has 28 heavy (non-hydrogen) atoms. The van der Waals surface area contributed by atoms with E-state index in [1.165, 1.54) is 41.1 Å². The highest BCUT2D eigenvalue weighted by atomic mass is 35.5. The summed E-state index contributed by atoms with van der Waals surface area (Å²) in [6.07, 6.45) is 1.38. The Hall–Kier alpha value is -3.16. The number of aromatic nitrogens is 1. The van der Waals surface area contributed by atoms with Crippen molar-refractivity contribution < 1.29 is 9.72 Å². The first-order valence-corrected chi connectivity index (χ1v) is 8.80. The fraction of sp³-hybridized carbons (Fsp3) is 0.0526. The average Bonchev–Trinajstić information content (AvgIpc) is 2.67. The van der Waals surface area contributed by atoms with Crippen LogP contribution in [0.25, 0.3) is 0 Å². The van der Waals surface area contributed by atoms with E-state index in [1.807, 2.05) is 0 Å².